The third kappa shape index (κ3) is 5.61. The first kappa shape index (κ1) is 18.0. The molecule has 0 atom stereocenters. The van der Waals surface area contributed by atoms with Crippen LogP contribution in [0.2, 0.25) is 0 Å². The number of ether oxygens (including phenoxy) is 1. The van der Waals surface area contributed by atoms with Gasteiger partial charge in [-0.1, -0.05) is 0 Å². The second kappa shape index (κ2) is 9.06. The summed E-state index contributed by atoms with van der Waals surface area (Å²) < 4.78 is 5.19. The molecule has 2 saturated heterocycles. The van der Waals surface area contributed by atoms with Crippen LogP contribution in [-0.2, 0) is 4.79 Å². The summed E-state index contributed by atoms with van der Waals surface area (Å²) in [6.45, 7) is 5.28. The van der Waals surface area contributed by atoms with Gasteiger partial charge in [0, 0.05) is 24.8 Å². The monoisotopic (exact) mass is 347 g/mol. The van der Waals surface area contributed by atoms with Gasteiger partial charge in [-0.3, -0.25) is 0 Å². The molecule has 0 unspecified atom stereocenters. The van der Waals surface area contributed by atoms with Gasteiger partial charge in [0.25, 0.3) is 0 Å². The summed E-state index contributed by atoms with van der Waals surface area (Å²) in [6.07, 6.45) is 4.93. The number of anilines is 1. The molecule has 0 amide bonds. The van der Waals surface area contributed by atoms with E-state index in [1.807, 2.05) is 24.3 Å². The zero-order valence-electron chi connectivity index (χ0n) is 14.7. The number of nitrogens with one attached hydrogen (secondary N) is 2. The smallest absolute Gasteiger partial charge is 0.341 e. The summed E-state index contributed by atoms with van der Waals surface area (Å²) >= 11 is 0. The van der Waals surface area contributed by atoms with E-state index in [4.69, 9.17) is 9.84 Å². The standard InChI is InChI=1S/C19H29N3O3/c23-19(24)14-25-18-3-1-17(2-4-18)22-11-7-15(8-12-22)13-21-16-5-9-20-10-6-16/h1-4,15-16,20-21H,5-14H2,(H,23,24). The number of hydrogen-bond donors (Lipinski definition) is 3. The third-order valence-corrected chi connectivity index (χ3v) is 5.21. The number of rotatable bonds is 7. The Labute approximate surface area is 149 Å². The summed E-state index contributed by atoms with van der Waals surface area (Å²) in [7, 11) is 0. The molecule has 0 spiro atoms. The van der Waals surface area contributed by atoms with Gasteiger partial charge in [0.05, 0.1) is 0 Å². The van der Waals surface area contributed by atoms with Gasteiger partial charge in [0.15, 0.2) is 6.61 Å². The Morgan fingerprint density at radius 1 is 1.16 bits per heavy atom. The zero-order chi connectivity index (χ0) is 17.5. The summed E-state index contributed by atoms with van der Waals surface area (Å²) in [5.74, 6) is 0.417. The molecule has 2 aliphatic heterocycles. The van der Waals surface area contributed by atoms with E-state index >= 15 is 0 Å². The Bertz CT molecular complexity index is 535. The van der Waals surface area contributed by atoms with Crippen LogP contribution in [0, 0.1) is 5.92 Å². The maximum Gasteiger partial charge on any atom is 0.341 e. The minimum absolute atomic E-state index is 0.297. The Hall–Kier alpha value is -1.79. The minimum Gasteiger partial charge on any atom is -0.482 e. The molecule has 6 heteroatoms. The first-order valence-electron chi connectivity index (χ1n) is 9.34. The average Bonchev–Trinajstić information content (AvgIpc) is 2.66. The fraction of sp³-hybridized carbons (Fsp3) is 0.632. The molecule has 3 N–H and O–H groups in total. The second-order valence-corrected chi connectivity index (χ2v) is 7.04. The molecule has 2 aliphatic rings. The van der Waals surface area contributed by atoms with Crippen molar-refractivity contribution < 1.29 is 14.6 Å². The van der Waals surface area contributed by atoms with Gasteiger partial charge in [-0.05, 0) is 75.5 Å². The number of carboxylic acids is 1. The highest BCUT2D eigenvalue weighted by atomic mass is 16.5. The lowest BCUT2D eigenvalue weighted by Gasteiger charge is -2.35. The molecule has 2 fully saturated rings. The molecule has 6 nitrogen and oxygen atoms in total. The molecule has 3 rings (SSSR count). The van der Waals surface area contributed by atoms with Crippen molar-refractivity contribution in [2.45, 2.75) is 31.7 Å². The van der Waals surface area contributed by atoms with Gasteiger partial charge < -0.3 is 25.4 Å². The maximum atomic E-state index is 10.5. The average molecular weight is 347 g/mol. The van der Waals surface area contributed by atoms with E-state index in [0.717, 1.165) is 38.6 Å². The minimum atomic E-state index is -0.954. The number of hydrogen-bond acceptors (Lipinski definition) is 5. The van der Waals surface area contributed by atoms with Gasteiger partial charge in [0.1, 0.15) is 5.75 Å². The van der Waals surface area contributed by atoms with Crippen LogP contribution < -0.4 is 20.3 Å². The molecule has 0 saturated carbocycles. The summed E-state index contributed by atoms with van der Waals surface area (Å²) in [5, 5.41) is 15.8. The number of benzene rings is 1. The van der Waals surface area contributed by atoms with Crippen LogP contribution in [-0.4, -0.2) is 56.4 Å². The van der Waals surface area contributed by atoms with Crippen LogP contribution in [0.5, 0.6) is 5.75 Å². The van der Waals surface area contributed by atoms with Crippen LogP contribution in [0.15, 0.2) is 24.3 Å². The van der Waals surface area contributed by atoms with Crippen LogP contribution in [0.4, 0.5) is 5.69 Å². The maximum absolute atomic E-state index is 10.5. The van der Waals surface area contributed by atoms with Crippen LogP contribution in [0.3, 0.4) is 0 Å². The normalized spacial score (nSPS) is 19.8. The van der Waals surface area contributed by atoms with Gasteiger partial charge in [-0.2, -0.15) is 0 Å². The van der Waals surface area contributed by atoms with E-state index in [0.29, 0.717) is 11.8 Å². The largest absolute Gasteiger partial charge is 0.482 e. The molecule has 2 heterocycles. The number of carbonyl (C=O) groups is 1. The second-order valence-electron chi connectivity index (χ2n) is 7.04. The first-order valence-corrected chi connectivity index (χ1v) is 9.34. The van der Waals surface area contributed by atoms with Crippen molar-refractivity contribution in [1.82, 2.24) is 10.6 Å². The molecule has 0 aliphatic carbocycles. The highest BCUT2D eigenvalue weighted by Crippen LogP contribution is 2.25. The lowest BCUT2D eigenvalue weighted by molar-refractivity contribution is -0.139. The zero-order valence-corrected chi connectivity index (χ0v) is 14.7. The van der Waals surface area contributed by atoms with E-state index in [-0.39, 0.29) is 6.61 Å². The number of carboxylic acid groups (broad SMARTS) is 1. The van der Waals surface area contributed by atoms with E-state index < -0.39 is 5.97 Å². The molecule has 1 aromatic carbocycles. The van der Waals surface area contributed by atoms with Gasteiger partial charge in [0.2, 0.25) is 0 Å². The SMILES string of the molecule is O=C(O)COc1ccc(N2CCC(CNC3CCNCC3)CC2)cc1. The van der Waals surface area contributed by atoms with Gasteiger partial charge in [-0.15, -0.1) is 0 Å². The van der Waals surface area contributed by atoms with Crippen molar-refractivity contribution in [3.8, 4) is 5.75 Å². The van der Waals surface area contributed by atoms with E-state index in [1.165, 1.54) is 31.4 Å². The predicted molar refractivity (Wildman–Crippen MR) is 98.4 cm³/mol. The summed E-state index contributed by atoms with van der Waals surface area (Å²) in [4.78, 5) is 12.9. The Morgan fingerprint density at radius 3 is 2.48 bits per heavy atom. The molecular formula is C19H29N3O3. The van der Waals surface area contributed by atoms with Crippen molar-refractivity contribution in [3.63, 3.8) is 0 Å². The van der Waals surface area contributed by atoms with Crippen LogP contribution in [0.25, 0.3) is 0 Å². The number of aliphatic carboxylic acids is 1. The summed E-state index contributed by atoms with van der Waals surface area (Å²) in [6, 6.07) is 8.43. The van der Waals surface area contributed by atoms with Gasteiger partial charge >= 0.3 is 5.97 Å². The van der Waals surface area contributed by atoms with E-state index in [2.05, 4.69) is 15.5 Å². The Kier molecular flexibility index (Phi) is 6.53. The van der Waals surface area contributed by atoms with Crippen LogP contribution >= 0.6 is 0 Å². The van der Waals surface area contributed by atoms with Crippen molar-refractivity contribution in [3.05, 3.63) is 24.3 Å². The molecule has 25 heavy (non-hydrogen) atoms. The van der Waals surface area contributed by atoms with Crippen molar-refractivity contribution >= 4 is 11.7 Å². The Morgan fingerprint density at radius 2 is 1.84 bits per heavy atom. The number of nitrogens with zero attached hydrogens (tertiary/aromatic N) is 1. The van der Waals surface area contributed by atoms with E-state index in [1.54, 1.807) is 0 Å². The van der Waals surface area contributed by atoms with Gasteiger partial charge in [-0.25, -0.2) is 4.79 Å². The predicted octanol–water partition coefficient (Wildman–Crippen LogP) is 1.71. The fourth-order valence-corrected chi connectivity index (χ4v) is 3.65. The molecular weight excluding hydrogens is 318 g/mol. The van der Waals surface area contributed by atoms with E-state index in [9.17, 15) is 4.79 Å². The van der Waals surface area contributed by atoms with Crippen molar-refractivity contribution in [2.75, 3.05) is 44.2 Å². The summed E-state index contributed by atoms with van der Waals surface area (Å²) in [5.41, 5.74) is 1.19. The topological polar surface area (TPSA) is 73.8 Å². The molecule has 0 radical (unpaired) electrons. The fourth-order valence-electron chi connectivity index (χ4n) is 3.65. The quantitative estimate of drug-likeness (QED) is 0.697. The third-order valence-electron chi connectivity index (χ3n) is 5.21. The lowest BCUT2D eigenvalue weighted by Crippen LogP contribution is -2.43. The molecule has 1 aromatic rings. The van der Waals surface area contributed by atoms with Crippen LogP contribution in [0.1, 0.15) is 25.7 Å². The van der Waals surface area contributed by atoms with Crippen molar-refractivity contribution in [2.24, 2.45) is 5.92 Å². The highest BCUT2D eigenvalue weighted by molar-refractivity contribution is 5.68. The molecule has 0 aromatic heterocycles. The molecule has 138 valence electrons. The number of piperidine rings is 2. The lowest BCUT2D eigenvalue weighted by atomic mass is 9.95. The molecule has 0 bridgehead atoms. The first-order chi connectivity index (χ1) is 12.2. The highest BCUT2D eigenvalue weighted by Gasteiger charge is 2.21. The van der Waals surface area contributed by atoms with Crippen molar-refractivity contribution in [1.29, 1.82) is 0 Å². The Balaban J connectivity index is 1.40.